The predicted octanol–water partition coefficient (Wildman–Crippen LogP) is 3.16. The largest absolute Gasteiger partial charge is 0.433 e. The number of hydrogen-bond acceptors (Lipinski definition) is 7. The van der Waals surface area contributed by atoms with E-state index in [9.17, 15) is 14.9 Å². The second kappa shape index (κ2) is 8.01. The summed E-state index contributed by atoms with van der Waals surface area (Å²) in [6.45, 7) is 3.37. The first-order valence-corrected chi connectivity index (χ1v) is 9.17. The fraction of sp³-hybridized carbons (Fsp3) is 0.200. The average molecular weight is 393 g/mol. The maximum absolute atomic E-state index is 12.3. The zero-order valence-corrected chi connectivity index (χ0v) is 15.5. The lowest BCUT2D eigenvalue weighted by Gasteiger charge is -2.36. The molecule has 1 amide bonds. The number of piperazine rings is 1. The van der Waals surface area contributed by atoms with Gasteiger partial charge >= 0.3 is 5.88 Å². The number of carbonyl (C=O) groups excluding carboxylic acids is 1. The van der Waals surface area contributed by atoms with Gasteiger partial charge in [-0.3, -0.25) is 14.9 Å². The van der Waals surface area contributed by atoms with Crippen LogP contribution in [0.5, 0.6) is 0 Å². The Bertz CT molecular complexity index is 1010. The quantitative estimate of drug-likeness (QED) is 0.524. The molecule has 148 valence electrons. The Hall–Kier alpha value is -3.88. The van der Waals surface area contributed by atoms with Gasteiger partial charge in [-0.05, 0) is 36.4 Å². The number of aromatic nitrogens is 1. The summed E-state index contributed by atoms with van der Waals surface area (Å²) in [4.78, 5) is 31.2. The van der Waals surface area contributed by atoms with Crippen LogP contribution in [-0.2, 0) is 0 Å². The third-order valence-corrected chi connectivity index (χ3v) is 4.72. The minimum atomic E-state index is -0.679. The van der Waals surface area contributed by atoms with Crippen molar-refractivity contribution < 1.29 is 14.1 Å². The fourth-order valence-electron chi connectivity index (χ4n) is 3.26. The first-order chi connectivity index (χ1) is 14.1. The van der Waals surface area contributed by atoms with E-state index >= 15 is 0 Å². The highest BCUT2D eigenvalue weighted by molar-refractivity contribution is 6.02. The third-order valence-electron chi connectivity index (χ3n) is 4.72. The molecule has 1 fully saturated rings. The maximum Gasteiger partial charge on any atom is 0.433 e. The summed E-state index contributed by atoms with van der Waals surface area (Å²) in [5, 5.41) is 13.4. The molecule has 0 aliphatic carbocycles. The van der Waals surface area contributed by atoms with E-state index in [-0.39, 0.29) is 5.76 Å². The van der Waals surface area contributed by atoms with Gasteiger partial charge in [-0.25, -0.2) is 4.98 Å². The third kappa shape index (κ3) is 4.18. The lowest BCUT2D eigenvalue weighted by molar-refractivity contribution is -0.402. The van der Waals surface area contributed by atoms with Crippen molar-refractivity contribution in [2.75, 3.05) is 41.3 Å². The van der Waals surface area contributed by atoms with E-state index in [2.05, 4.69) is 20.1 Å². The van der Waals surface area contributed by atoms with Crippen molar-refractivity contribution in [1.29, 1.82) is 0 Å². The molecular weight excluding hydrogens is 374 g/mol. The number of amides is 1. The summed E-state index contributed by atoms with van der Waals surface area (Å²) in [5.41, 5.74) is 1.59. The van der Waals surface area contributed by atoms with Crippen LogP contribution < -0.4 is 15.1 Å². The Morgan fingerprint density at radius 3 is 2.52 bits per heavy atom. The number of carbonyl (C=O) groups is 1. The molecule has 9 heteroatoms. The number of nitrogens with zero attached hydrogens (tertiary/aromatic N) is 4. The molecule has 2 aromatic heterocycles. The van der Waals surface area contributed by atoms with Crippen LogP contribution in [0.4, 0.5) is 23.1 Å². The summed E-state index contributed by atoms with van der Waals surface area (Å²) in [6.07, 6.45) is 1.79. The van der Waals surface area contributed by atoms with Gasteiger partial charge < -0.3 is 19.5 Å². The van der Waals surface area contributed by atoms with Crippen LogP contribution in [-0.4, -0.2) is 42.0 Å². The highest BCUT2D eigenvalue weighted by Crippen LogP contribution is 2.23. The molecule has 3 heterocycles. The smallest absolute Gasteiger partial charge is 0.395 e. The molecule has 0 radical (unpaired) electrons. The van der Waals surface area contributed by atoms with Crippen molar-refractivity contribution in [1.82, 2.24) is 4.98 Å². The van der Waals surface area contributed by atoms with Crippen LogP contribution in [0, 0.1) is 10.1 Å². The van der Waals surface area contributed by atoms with Crippen LogP contribution in [0.2, 0.25) is 0 Å². The standard InChI is InChI=1S/C20H19N5O4/c26-20(17-7-8-19(29-17)25(27)28)22-15-4-3-5-16(14-15)23-10-12-24(13-11-23)18-6-1-2-9-21-18/h1-9,14H,10-13H2,(H,22,26). The van der Waals surface area contributed by atoms with E-state index in [0.29, 0.717) is 5.69 Å². The van der Waals surface area contributed by atoms with Gasteiger partial charge in [0.1, 0.15) is 10.7 Å². The van der Waals surface area contributed by atoms with Gasteiger partial charge in [-0.15, -0.1) is 0 Å². The van der Waals surface area contributed by atoms with Crippen molar-refractivity contribution in [2.24, 2.45) is 0 Å². The van der Waals surface area contributed by atoms with Gasteiger partial charge in [0, 0.05) is 43.8 Å². The van der Waals surface area contributed by atoms with Crippen molar-refractivity contribution in [3.05, 3.63) is 76.7 Å². The first kappa shape index (κ1) is 18.5. The number of hydrogen-bond donors (Lipinski definition) is 1. The van der Waals surface area contributed by atoms with Crippen molar-refractivity contribution >= 4 is 29.0 Å². The monoisotopic (exact) mass is 393 g/mol. The molecule has 1 aliphatic rings. The van der Waals surface area contributed by atoms with Crippen LogP contribution in [0.25, 0.3) is 0 Å². The summed E-state index contributed by atoms with van der Waals surface area (Å²) < 4.78 is 4.95. The zero-order chi connectivity index (χ0) is 20.2. The molecule has 0 bridgehead atoms. The minimum absolute atomic E-state index is 0.105. The van der Waals surface area contributed by atoms with Gasteiger partial charge in [-0.1, -0.05) is 12.1 Å². The van der Waals surface area contributed by atoms with Gasteiger partial charge in [0.05, 0.1) is 6.07 Å². The number of rotatable bonds is 5. The number of furan rings is 1. The molecule has 1 aliphatic heterocycles. The first-order valence-electron chi connectivity index (χ1n) is 9.17. The molecular formula is C20H19N5O4. The molecule has 3 aromatic rings. The highest BCUT2D eigenvalue weighted by Gasteiger charge is 2.20. The number of nitro groups is 1. The number of nitrogens with one attached hydrogen (secondary N) is 1. The van der Waals surface area contributed by atoms with Gasteiger partial charge in [0.2, 0.25) is 0 Å². The molecule has 1 saturated heterocycles. The SMILES string of the molecule is O=C(Nc1cccc(N2CCN(c3ccccn3)CC2)c1)c1ccc([N+](=O)[O-])o1. The van der Waals surface area contributed by atoms with Gasteiger partial charge in [-0.2, -0.15) is 0 Å². The Kier molecular flexibility index (Phi) is 5.10. The van der Waals surface area contributed by atoms with E-state index in [1.165, 1.54) is 6.07 Å². The summed E-state index contributed by atoms with van der Waals surface area (Å²) >= 11 is 0. The van der Waals surface area contributed by atoms with E-state index in [0.717, 1.165) is 43.8 Å². The number of benzene rings is 1. The van der Waals surface area contributed by atoms with E-state index in [4.69, 9.17) is 4.42 Å². The summed E-state index contributed by atoms with van der Waals surface area (Å²) in [6, 6.07) is 15.8. The lowest BCUT2D eigenvalue weighted by Crippen LogP contribution is -2.46. The number of pyridine rings is 1. The summed E-state index contributed by atoms with van der Waals surface area (Å²) in [5.74, 6) is -0.128. The molecule has 0 unspecified atom stereocenters. The molecule has 0 spiro atoms. The van der Waals surface area contributed by atoms with Crippen LogP contribution in [0.1, 0.15) is 10.6 Å². The highest BCUT2D eigenvalue weighted by atomic mass is 16.6. The average Bonchev–Trinajstić information content (AvgIpc) is 3.26. The minimum Gasteiger partial charge on any atom is -0.395 e. The fourth-order valence-corrected chi connectivity index (χ4v) is 3.26. The lowest BCUT2D eigenvalue weighted by atomic mass is 10.2. The Balaban J connectivity index is 1.40. The molecule has 0 saturated carbocycles. The molecule has 29 heavy (non-hydrogen) atoms. The topological polar surface area (TPSA) is 105 Å². The van der Waals surface area contributed by atoms with E-state index in [1.54, 1.807) is 12.3 Å². The predicted molar refractivity (Wildman–Crippen MR) is 108 cm³/mol. The van der Waals surface area contributed by atoms with Crippen molar-refractivity contribution in [3.8, 4) is 0 Å². The normalized spacial score (nSPS) is 13.9. The Morgan fingerprint density at radius 2 is 1.83 bits per heavy atom. The van der Waals surface area contributed by atoms with E-state index < -0.39 is 16.7 Å². The molecule has 4 rings (SSSR count). The Labute approximate surface area is 166 Å². The van der Waals surface area contributed by atoms with Crippen molar-refractivity contribution in [3.63, 3.8) is 0 Å². The maximum atomic E-state index is 12.3. The van der Waals surface area contributed by atoms with Gasteiger partial charge in [0.15, 0.2) is 5.76 Å². The molecule has 9 nitrogen and oxygen atoms in total. The zero-order valence-electron chi connectivity index (χ0n) is 15.5. The van der Waals surface area contributed by atoms with Crippen LogP contribution in [0.3, 0.4) is 0 Å². The second-order valence-electron chi connectivity index (χ2n) is 6.56. The Morgan fingerprint density at radius 1 is 1.03 bits per heavy atom. The summed E-state index contributed by atoms with van der Waals surface area (Å²) in [7, 11) is 0. The molecule has 1 aromatic carbocycles. The van der Waals surface area contributed by atoms with E-state index in [1.807, 2.05) is 36.4 Å². The van der Waals surface area contributed by atoms with Crippen LogP contribution >= 0.6 is 0 Å². The van der Waals surface area contributed by atoms with Gasteiger partial charge in [0.25, 0.3) is 5.91 Å². The van der Waals surface area contributed by atoms with Crippen molar-refractivity contribution in [2.45, 2.75) is 0 Å². The second-order valence-corrected chi connectivity index (χ2v) is 6.56. The van der Waals surface area contributed by atoms with Crippen LogP contribution in [0.15, 0.2) is 65.2 Å². The number of anilines is 3. The molecule has 0 atom stereocenters. The molecule has 1 N–H and O–H groups in total.